The second kappa shape index (κ2) is 8.54. The van der Waals surface area contributed by atoms with E-state index in [1.54, 1.807) is 30.8 Å². The van der Waals surface area contributed by atoms with Crippen molar-refractivity contribution >= 4 is 39.6 Å². The van der Waals surface area contributed by atoms with Crippen LogP contribution in [0.15, 0.2) is 41.2 Å². The fourth-order valence-electron chi connectivity index (χ4n) is 2.08. The molecule has 0 fully saturated rings. The van der Waals surface area contributed by atoms with E-state index in [-0.39, 0.29) is 18.2 Å². The molecule has 26 heavy (non-hydrogen) atoms. The van der Waals surface area contributed by atoms with Crippen molar-refractivity contribution in [3.63, 3.8) is 0 Å². The number of rotatable bonds is 7. The molecule has 0 aliphatic carbocycles. The van der Waals surface area contributed by atoms with Gasteiger partial charge in [-0.3, -0.25) is 14.9 Å². The molecule has 3 rings (SSSR count). The molecule has 9 heteroatoms. The Labute approximate surface area is 158 Å². The molecule has 0 aliphatic heterocycles. The van der Waals surface area contributed by atoms with E-state index >= 15 is 0 Å². The molecule has 134 valence electrons. The summed E-state index contributed by atoms with van der Waals surface area (Å²) in [5.41, 5.74) is 1.49. The summed E-state index contributed by atoms with van der Waals surface area (Å²) in [5, 5.41) is 9.63. The predicted octanol–water partition coefficient (Wildman–Crippen LogP) is 2.72. The Balaban J connectivity index is 1.48. The van der Waals surface area contributed by atoms with Crippen LogP contribution in [0.4, 0.5) is 5.13 Å². The first-order valence-electron chi connectivity index (χ1n) is 7.69. The Hall–Kier alpha value is -2.78. The number of carbonyl (C=O) groups is 2. The van der Waals surface area contributed by atoms with E-state index in [1.165, 1.54) is 22.7 Å². The van der Waals surface area contributed by atoms with E-state index in [2.05, 4.69) is 20.6 Å². The van der Waals surface area contributed by atoms with E-state index in [4.69, 9.17) is 4.74 Å². The van der Waals surface area contributed by atoms with Crippen molar-refractivity contribution in [3.05, 3.63) is 57.4 Å². The first-order valence-corrected chi connectivity index (χ1v) is 9.45. The predicted molar refractivity (Wildman–Crippen MR) is 101 cm³/mol. The normalized spacial score (nSPS) is 10.3. The number of thiophene rings is 1. The van der Waals surface area contributed by atoms with E-state index in [1.807, 2.05) is 17.5 Å². The van der Waals surface area contributed by atoms with Gasteiger partial charge in [-0.15, -0.1) is 22.7 Å². The van der Waals surface area contributed by atoms with Gasteiger partial charge in [0, 0.05) is 24.2 Å². The van der Waals surface area contributed by atoms with Crippen molar-refractivity contribution in [2.45, 2.75) is 13.0 Å². The number of hydrogen-bond donors (Lipinski definition) is 2. The van der Waals surface area contributed by atoms with Crippen LogP contribution in [0.5, 0.6) is 5.88 Å². The van der Waals surface area contributed by atoms with Crippen molar-refractivity contribution in [2.24, 2.45) is 0 Å². The minimum absolute atomic E-state index is 0.148. The smallest absolute Gasteiger partial charge is 0.267 e. The molecule has 0 bridgehead atoms. The van der Waals surface area contributed by atoms with Gasteiger partial charge >= 0.3 is 0 Å². The summed E-state index contributed by atoms with van der Waals surface area (Å²) in [5.74, 6) is 0.180. The molecule has 0 unspecified atom stereocenters. The lowest BCUT2D eigenvalue weighted by molar-refractivity contribution is -0.120. The molecule has 3 aromatic rings. The summed E-state index contributed by atoms with van der Waals surface area (Å²) >= 11 is 2.66. The third-order valence-corrected chi connectivity index (χ3v) is 5.03. The summed E-state index contributed by atoms with van der Waals surface area (Å²) < 4.78 is 4.99. The number of pyridine rings is 1. The minimum atomic E-state index is -0.197. The quantitative estimate of drug-likeness (QED) is 0.649. The molecule has 0 atom stereocenters. The standard InChI is InChI=1S/C17H16N4O3S2/c1-24-15-5-4-11(9-19-15)8-18-14(22)7-12-10-26-17(20-12)21-16(23)13-3-2-6-25-13/h2-6,9-10H,7-8H2,1H3,(H,18,22)(H,20,21,23). The highest BCUT2D eigenvalue weighted by atomic mass is 32.1. The number of thiazole rings is 1. The number of anilines is 1. The molecular formula is C17H16N4O3S2. The number of methoxy groups -OCH3 is 1. The fourth-order valence-corrected chi connectivity index (χ4v) is 3.40. The number of nitrogens with one attached hydrogen (secondary N) is 2. The molecule has 0 spiro atoms. The van der Waals surface area contributed by atoms with Crippen molar-refractivity contribution in [3.8, 4) is 5.88 Å². The van der Waals surface area contributed by atoms with Gasteiger partial charge in [-0.05, 0) is 17.0 Å². The molecule has 7 nitrogen and oxygen atoms in total. The third kappa shape index (κ3) is 4.87. The Kier molecular flexibility index (Phi) is 5.92. The molecule has 3 heterocycles. The topological polar surface area (TPSA) is 93.2 Å². The number of nitrogens with zero attached hydrogens (tertiary/aromatic N) is 2. The maximum atomic E-state index is 12.0. The SMILES string of the molecule is COc1ccc(CNC(=O)Cc2csc(NC(=O)c3cccs3)n2)cn1. The van der Waals surface area contributed by atoms with Crippen LogP contribution < -0.4 is 15.4 Å². The zero-order chi connectivity index (χ0) is 18.4. The van der Waals surface area contributed by atoms with Crippen molar-refractivity contribution in [1.82, 2.24) is 15.3 Å². The van der Waals surface area contributed by atoms with Crippen LogP contribution in [0.25, 0.3) is 0 Å². The van der Waals surface area contributed by atoms with E-state index < -0.39 is 0 Å². The van der Waals surface area contributed by atoms with Crippen LogP contribution in [0, 0.1) is 0 Å². The summed E-state index contributed by atoms with van der Waals surface area (Å²) in [6.07, 6.45) is 1.80. The van der Waals surface area contributed by atoms with Gasteiger partial charge in [0.1, 0.15) is 0 Å². The Morgan fingerprint density at radius 2 is 2.12 bits per heavy atom. The zero-order valence-electron chi connectivity index (χ0n) is 13.9. The van der Waals surface area contributed by atoms with Crippen LogP contribution >= 0.6 is 22.7 Å². The molecule has 2 amide bonds. The van der Waals surface area contributed by atoms with Gasteiger partial charge < -0.3 is 10.1 Å². The highest BCUT2D eigenvalue weighted by molar-refractivity contribution is 7.14. The van der Waals surface area contributed by atoms with Gasteiger partial charge in [0.25, 0.3) is 5.91 Å². The average Bonchev–Trinajstić information content (AvgIpc) is 3.32. The fraction of sp³-hybridized carbons (Fsp3) is 0.176. The molecule has 0 radical (unpaired) electrons. The van der Waals surface area contributed by atoms with Crippen LogP contribution in [-0.4, -0.2) is 28.9 Å². The van der Waals surface area contributed by atoms with Gasteiger partial charge in [0.2, 0.25) is 11.8 Å². The highest BCUT2D eigenvalue weighted by Crippen LogP contribution is 2.18. The van der Waals surface area contributed by atoms with E-state index in [0.29, 0.717) is 28.1 Å². The Bertz CT molecular complexity index is 876. The van der Waals surface area contributed by atoms with Gasteiger partial charge in [-0.25, -0.2) is 9.97 Å². The van der Waals surface area contributed by atoms with Crippen LogP contribution in [0.3, 0.4) is 0 Å². The van der Waals surface area contributed by atoms with Gasteiger partial charge in [-0.2, -0.15) is 0 Å². The maximum absolute atomic E-state index is 12.0. The molecule has 0 saturated carbocycles. The monoisotopic (exact) mass is 388 g/mol. The van der Waals surface area contributed by atoms with Crippen molar-refractivity contribution < 1.29 is 14.3 Å². The second-order valence-electron chi connectivity index (χ2n) is 5.24. The third-order valence-electron chi connectivity index (χ3n) is 3.36. The highest BCUT2D eigenvalue weighted by Gasteiger charge is 2.11. The van der Waals surface area contributed by atoms with Gasteiger partial charge in [0.15, 0.2) is 5.13 Å². The Morgan fingerprint density at radius 1 is 1.23 bits per heavy atom. The number of carbonyl (C=O) groups excluding carboxylic acids is 2. The molecule has 3 aromatic heterocycles. The molecule has 0 aromatic carbocycles. The number of aromatic nitrogens is 2. The average molecular weight is 388 g/mol. The maximum Gasteiger partial charge on any atom is 0.267 e. The summed E-state index contributed by atoms with van der Waals surface area (Å²) in [6.45, 7) is 0.377. The summed E-state index contributed by atoms with van der Waals surface area (Å²) in [6, 6.07) is 7.14. The lowest BCUT2D eigenvalue weighted by Crippen LogP contribution is -2.24. The minimum Gasteiger partial charge on any atom is -0.481 e. The van der Waals surface area contributed by atoms with Crippen LogP contribution in [0.2, 0.25) is 0 Å². The number of hydrogen-bond acceptors (Lipinski definition) is 7. The molecule has 0 saturated heterocycles. The molecular weight excluding hydrogens is 372 g/mol. The molecule has 2 N–H and O–H groups in total. The van der Waals surface area contributed by atoms with E-state index in [0.717, 1.165) is 5.56 Å². The van der Waals surface area contributed by atoms with Crippen molar-refractivity contribution in [1.29, 1.82) is 0 Å². The Morgan fingerprint density at radius 3 is 2.81 bits per heavy atom. The first-order chi connectivity index (χ1) is 12.6. The summed E-state index contributed by atoms with van der Waals surface area (Å²) in [4.78, 5) is 33.0. The second-order valence-corrected chi connectivity index (χ2v) is 7.04. The molecule has 0 aliphatic rings. The van der Waals surface area contributed by atoms with Crippen molar-refractivity contribution in [2.75, 3.05) is 12.4 Å². The number of amides is 2. The lowest BCUT2D eigenvalue weighted by atomic mass is 10.2. The number of ether oxygens (including phenoxy) is 1. The zero-order valence-corrected chi connectivity index (χ0v) is 15.5. The summed E-state index contributed by atoms with van der Waals surface area (Å²) in [7, 11) is 1.55. The van der Waals surface area contributed by atoms with E-state index in [9.17, 15) is 9.59 Å². The first kappa shape index (κ1) is 18.0. The van der Waals surface area contributed by atoms with Gasteiger partial charge in [-0.1, -0.05) is 12.1 Å². The van der Waals surface area contributed by atoms with Gasteiger partial charge in [0.05, 0.1) is 24.1 Å². The largest absolute Gasteiger partial charge is 0.481 e. The van der Waals surface area contributed by atoms with Crippen LogP contribution in [0.1, 0.15) is 20.9 Å². The lowest BCUT2D eigenvalue weighted by Gasteiger charge is -2.05. The van der Waals surface area contributed by atoms with Crippen LogP contribution in [-0.2, 0) is 17.8 Å².